The molecule has 110 valence electrons. The Hall–Kier alpha value is -2.34. The largest absolute Gasteiger partial charge is 0.402 e. The van der Waals surface area contributed by atoms with Gasteiger partial charge in [0.05, 0.1) is 5.56 Å². The third kappa shape index (κ3) is 2.82. The number of benzene rings is 2. The number of cyclic esters (lactones) is 1. The van der Waals surface area contributed by atoms with Gasteiger partial charge in [-0.05, 0) is 36.4 Å². The summed E-state index contributed by atoms with van der Waals surface area (Å²) in [5, 5.41) is 0. The number of esters is 1. The van der Waals surface area contributed by atoms with Crippen LogP contribution in [0.25, 0.3) is 6.08 Å². The molecule has 0 saturated carbocycles. The lowest BCUT2D eigenvalue weighted by molar-refractivity contribution is -0.129. The molecule has 22 heavy (non-hydrogen) atoms. The summed E-state index contributed by atoms with van der Waals surface area (Å²) in [6.45, 7) is 0. The number of ether oxygens (including phenoxy) is 1. The molecule has 1 aliphatic rings. The highest BCUT2D eigenvalue weighted by Crippen LogP contribution is 2.23. The van der Waals surface area contributed by atoms with Crippen LogP contribution in [0, 0.1) is 11.6 Å². The second-order valence-corrected chi connectivity index (χ2v) is 5.40. The Labute approximate surface area is 133 Å². The van der Waals surface area contributed by atoms with Crippen LogP contribution >= 0.6 is 15.9 Å². The van der Waals surface area contributed by atoms with Gasteiger partial charge in [-0.15, -0.1) is 0 Å². The van der Waals surface area contributed by atoms with Crippen molar-refractivity contribution >= 4 is 33.9 Å². The second kappa shape index (κ2) is 5.81. The van der Waals surface area contributed by atoms with Gasteiger partial charge < -0.3 is 4.74 Å². The summed E-state index contributed by atoms with van der Waals surface area (Å²) in [5.41, 5.74) is 0.170. The maximum absolute atomic E-state index is 13.7. The molecule has 1 heterocycles. The van der Waals surface area contributed by atoms with Crippen LogP contribution < -0.4 is 0 Å². The molecule has 0 bridgehead atoms. The minimum absolute atomic E-state index is 0.0777. The first-order valence-corrected chi connectivity index (χ1v) is 7.06. The number of aliphatic imine (C=N–C) groups is 1. The molecule has 1 aliphatic heterocycles. The number of carbonyl (C=O) groups is 1. The van der Waals surface area contributed by atoms with Crippen molar-refractivity contribution in [3.63, 3.8) is 0 Å². The van der Waals surface area contributed by atoms with Crippen LogP contribution in [0.5, 0.6) is 0 Å². The Bertz CT molecular complexity index is 831. The van der Waals surface area contributed by atoms with Gasteiger partial charge in [-0.25, -0.2) is 18.6 Å². The standard InChI is InChI=1S/C16H8BrF2NO2/c17-10-5-6-12(18)9(7-10)8-14-16(21)22-15(20-14)11-3-1-2-4-13(11)19/h1-8H. The summed E-state index contributed by atoms with van der Waals surface area (Å²) in [4.78, 5) is 15.8. The summed E-state index contributed by atoms with van der Waals surface area (Å²) in [7, 11) is 0. The molecule has 0 radical (unpaired) electrons. The molecule has 0 amide bonds. The molecule has 0 atom stereocenters. The predicted molar refractivity (Wildman–Crippen MR) is 81.1 cm³/mol. The summed E-state index contributed by atoms with van der Waals surface area (Å²) in [5.74, 6) is -1.94. The fraction of sp³-hybridized carbons (Fsp3) is 0. The number of hydrogen-bond acceptors (Lipinski definition) is 3. The van der Waals surface area contributed by atoms with E-state index in [1.807, 2.05) is 0 Å². The summed E-state index contributed by atoms with van der Waals surface area (Å²) < 4.78 is 33.0. The molecule has 0 aliphatic carbocycles. The quantitative estimate of drug-likeness (QED) is 0.595. The zero-order chi connectivity index (χ0) is 15.7. The normalized spacial score (nSPS) is 15.9. The third-order valence-electron chi connectivity index (χ3n) is 2.98. The van der Waals surface area contributed by atoms with Gasteiger partial charge in [-0.2, -0.15) is 0 Å². The fourth-order valence-electron chi connectivity index (χ4n) is 1.93. The van der Waals surface area contributed by atoms with Crippen LogP contribution in [0.15, 0.2) is 57.6 Å². The van der Waals surface area contributed by atoms with Gasteiger partial charge in [0.1, 0.15) is 11.6 Å². The average Bonchev–Trinajstić information content (AvgIpc) is 2.84. The summed E-state index contributed by atoms with van der Waals surface area (Å²) in [6, 6.07) is 10.1. The van der Waals surface area contributed by atoms with Crippen molar-refractivity contribution in [3.05, 3.63) is 75.4 Å². The van der Waals surface area contributed by atoms with Crippen LogP contribution in [0.3, 0.4) is 0 Å². The first kappa shape index (κ1) is 14.6. The van der Waals surface area contributed by atoms with Crippen LogP contribution in [-0.2, 0) is 9.53 Å². The minimum atomic E-state index is -0.752. The maximum Gasteiger partial charge on any atom is 0.363 e. The number of nitrogens with zero attached hydrogens (tertiary/aromatic N) is 1. The van der Waals surface area contributed by atoms with Crippen LogP contribution in [0.4, 0.5) is 8.78 Å². The Morgan fingerprint density at radius 1 is 1.09 bits per heavy atom. The van der Waals surface area contributed by atoms with Gasteiger partial charge >= 0.3 is 5.97 Å². The van der Waals surface area contributed by atoms with E-state index in [-0.39, 0.29) is 22.7 Å². The topological polar surface area (TPSA) is 38.7 Å². The Balaban J connectivity index is 2.02. The van der Waals surface area contributed by atoms with E-state index in [1.165, 1.54) is 36.4 Å². The van der Waals surface area contributed by atoms with Crippen LogP contribution in [0.2, 0.25) is 0 Å². The number of hydrogen-bond donors (Lipinski definition) is 0. The molecule has 0 saturated heterocycles. The molecule has 0 N–H and O–H groups in total. The second-order valence-electron chi connectivity index (χ2n) is 4.48. The third-order valence-corrected chi connectivity index (χ3v) is 3.47. The molecule has 2 aromatic carbocycles. The zero-order valence-electron chi connectivity index (χ0n) is 11.0. The van der Waals surface area contributed by atoms with Gasteiger partial charge in [0.25, 0.3) is 0 Å². The lowest BCUT2D eigenvalue weighted by Crippen LogP contribution is -2.07. The smallest absolute Gasteiger partial charge is 0.363 e. The van der Waals surface area contributed by atoms with Gasteiger partial charge in [0.2, 0.25) is 5.90 Å². The van der Waals surface area contributed by atoms with Crippen LogP contribution in [-0.4, -0.2) is 11.9 Å². The molecular formula is C16H8BrF2NO2. The Morgan fingerprint density at radius 2 is 1.86 bits per heavy atom. The van der Waals surface area contributed by atoms with E-state index >= 15 is 0 Å². The first-order valence-electron chi connectivity index (χ1n) is 6.27. The number of halogens is 3. The van der Waals surface area contributed by atoms with E-state index in [4.69, 9.17) is 4.74 Å². The monoisotopic (exact) mass is 363 g/mol. The molecule has 3 nitrogen and oxygen atoms in total. The molecule has 0 aromatic heterocycles. The first-order chi connectivity index (χ1) is 10.5. The van der Waals surface area contributed by atoms with E-state index in [0.29, 0.717) is 4.47 Å². The highest BCUT2D eigenvalue weighted by atomic mass is 79.9. The van der Waals surface area contributed by atoms with E-state index in [2.05, 4.69) is 20.9 Å². The van der Waals surface area contributed by atoms with Crippen molar-refractivity contribution in [3.8, 4) is 0 Å². The van der Waals surface area contributed by atoms with E-state index in [0.717, 1.165) is 0 Å². The molecular weight excluding hydrogens is 356 g/mol. The van der Waals surface area contributed by atoms with E-state index < -0.39 is 17.6 Å². The molecule has 3 rings (SSSR count). The van der Waals surface area contributed by atoms with Crippen molar-refractivity contribution < 1.29 is 18.3 Å². The lowest BCUT2D eigenvalue weighted by atomic mass is 10.2. The average molecular weight is 364 g/mol. The number of rotatable bonds is 2. The van der Waals surface area contributed by atoms with Crippen molar-refractivity contribution in [2.24, 2.45) is 4.99 Å². The molecule has 0 fully saturated rings. The van der Waals surface area contributed by atoms with Crippen LogP contribution in [0.1, 0.15) is 11.1 Å². The van der Waals surface area contributed by atoms with Crippen molar-refractivity contribution in [2.45, 2.75) is 0 Å². The van der Waals surface area contributed by atoms with Gasteiger partial charge in [-0.3, -0.25) is 0 Å². The highest BCUT2D eigenvalue weighted by molar-refractivity contribution is 9.10. The van der Waals surface area contributed by atoms with Gasteiger partial charge in [0.15, 0.2) is 5.70 Å². The van der Waals surface area contributed by atoms with E-state index in [1.54, 1.807) is 12.1 Å². The van der Waals surface area contributed by atoms with Crippen molar-refractivity contribution in [1.82, 2.24) is 0 Å². The zero-order valence-corrected chi connectivity index (χ0v) is 12.6. The minimum Gasteiger partial charge on any atom is -0.402 e. The lowest BCUT2D eigenvalue weighted by Gasteiger charge is -1.99. The highest BCUT2D eigenvalue weighted by Gasteiger charge is 2.26. The Kier molecular flexibility index (Phi) is 3.85. The van der Waals surface area contributed by atoms with E-state index in [9.17, 15) is 13.6 Å². The fourth-order valence-corrected chi connectivity index (χ4v) is 2.31. The summed E-state index contributed by atoms with van der Waals surface area (Å²) in [6.07, 6.45) is 1.26. The SMILES string of the molecule is O=C1OC(c2ccccc2F)=NC1=Cc1cc(Br)ccc1F. The maximum atomic E-state index is 13.7. The van der Waals surface area contributed by atoms with Crippen molar-refractivity contribution in [2.75, 3.05) is 0 Å². The summed E-state index contributed by atoms with van der Waals surface area (Å²) >= 11 is 3.22. The van der Waals surface area contributed by atoms with Gasteiger partial charge in [0, 0.05) is 10.0 Å². The van der Waals surface area contributed by atoms with Gasteiger partial charge in [-0.1, -0.05) is 28.1 Å². The van der Waals surface area contributed by atoms with Crippen molar-refractivity contribution in [1.29, 1.82) is 0 Å². The predicted octanol–water partition coefficient (Wildman–Crippen LogP) is 4.07. The Morgan fingerprint density at radius 3 is 2.64 bits per heavy atom. The molecule has 6 heteroatoms. The molecule has 0 spiro atoms. The molecule has 0 unspecified atom stereocenters. The molecule has 2 aromatic rings. The number of carbonyl (C=O) groups excluding carboxylic acids is 1.